The van der Waals surface area contributed by atoms with Crippen LogP contribution in [0.1, 0.15) is 48.3 Å². The summed E-state index contributed by atoms with van der Waals surface area (Å²) in [6.07, 6.45) is 4.79. The number of aromatic nitrogens is 2. The lowest BCUT2D eigenvalue weighted by atomic mass is 9.84. The molecule has 0 atom stereocenters. The molecule has 1 amide bonds. The summed E-state index contributed by atoms with van der Waals surface area (Å²) in [6.45, 7) is 7.08. The molecule has 1 aromatic heterocycles. The first-order valence-electron chi connectivity index (χ1n) is 10.6. The molecule has 1 aliphatic carbocycles. The number of aryl methyl sites for hydroxylation is 2. The third-order valence-electron chi connectivity index (χ3n) is 6.14. The van der Waals surface area contributed by atoms with Crippen LogP contribution in [0.4, 0.5) is 10.2 Å². The maximum absolute atomic E-state index is 13.7. The van der Waals surface area contributed by atoms with Gasteiger partial charge in [0, 0.05) is 49.8 Å². The lowest BCUT2D eigenvalue weighted by molar-refractivity contribution is -0.137. The maximum atomic E-state index is 13.7. The second-order valence-corrected chi connectivity index (χ2v) is 8.26. The molecule has 0 unspecified atom stereocenters. The Kier molecular flexibility index (Phi) is 5.79. The Morgan fingerprint density at radius 1 is 1.10 bits per heavy atom. The molecule has 1 saturated heterocycles. The molecule has 1 aromatic carbocycles. The van der Waals surface area contributed by atoms with E-state index in [9.17, 15) is 9.18 Å². The number of hydrogen-bond acceptors (Lipinski definition) is 4. The van der Waals surface area contributed by atoms with Gasteiger partial charge < -0.3 is 9.80 Å². The Bertz CT molecular complexity index is 896. The third kappa shape index (κ3) is 4.41. The molecule has 2 aliphatic rings. The Morgan fingerprint density at radius 3 is 2.66 bits per heavy atom. The van der Waals surface area contributed by atoms with E-state index in [1.165, 1.54) is 12.5 Å². The summed E-state index contributed by atoms with van der Waals surface area (Å²) in [7, 11) is 0. The Hall–Kier alpha value is -2.50. The van der Waals surface area contributed by atoms with Crippen LogP contribution in [0.5, 0.6) is 0 Å². The summed E-state index contributed by atoms with van der Waals surface area (Å²) in [4.78, 5) is 26.3. The normalized spacial score (nSPS) is 17.8. The van der Waals surface area contributed by atoms with Crippen molar-refractivity contribution in [2.24, 2.45) is 5.92 Å². The van der Waals surface area contributed by atoms with E-state index in [0.717, 1.165) is 73.9 Å². The van der Waals surface area contributed by atoms with Crippen LogP contribution >= 0.6 is 0 Å². The molecule has 4 rings (SSSR count). The number of benzene rings is 1. The topological polar surface area (TPSA) is 49.3 Å². The molecule has 6 heteroatoms. The first-order valence-corrected chi connectivity index (χ1v) is 10.6. The summed E-state index contributed by atoms with van der Waals surface area (Å²) < 4.78 is 13.7. The van der Waals surface area contributed by atoms with E-state index in [4.69, 9.17) is 4.98 Å². The third-order valence-corrected chi connectivity index (χ3v) is 6.14. The van der Waals surface area contributed by atoms with Crippen molar-refractivity contribution in [2.75, 3.05) is 31.1 Å². The van der Waals surface area contributed by atoms with Crippen molar-refractivity contribution < 1.29 is 9.18 Å². The molecular formula is C23H29FN4O. The number of anilines is 1. The van der Waals surface area contributed by atoms with Gasteiger partial charge in [-0.15, -0.1) is 0 Å². The number of nitrogens with zero attached hydrogens (tertiary/aromatic N) is 4. The van der Waals surface area contributed by atoms with Crippen molar-refractivity contribution in [2.45, 2.75) is 46.0 Å². The highest BCUT2D eigenvalue weighted by Gasteiger charge is 2.31. The highest BCUT2D eigenvalue weighted by atomic mass is 19.1. The highest BCUT2D eigenvalue weighted by molar-refractivity contribution is 5.79. The van der Waals surface area contributed by atoms with Crippen LogP contribution < -0.4 is 4.90 Å². The van der Waals surface area contributed by atoms with Crippen molar-refractivity contribution in [1.82, 2.24) is 14.9 Å². The number of halogens is 1. The molecule has 2 heterocycles. The summed E-state index contributed by atoms with van der Waals surface area (Å²) in [5.41, 5.74) is 2.89. The van der Waals surface area contributed by atoms with Crippen LogP contribution in [0.2, 0.25) is 0 Å². The van der Waals surface area contributed by atoms with E-state index in [-0.39, 0.29) is 11.7 Å². The van der Waals surface area contributed by atoms with Gasteiger partial charge in [0.05, 0.1) is 0 Å². The molecular weight excluding hydrogens is 367 g/mol. The van der Waals surface area contributed by atoms with Gasteiger partial charge in [-0.25, -0.2) is 14.4 Å². The van der Waals surface area contributed by atoms with Crippen LogP contribution in [-0.2, 0) is 11.2 Å². The van der Waals surface area contributed by atoms with E-state index in [1.807, 2.05) is 24.8 Å². The molecule has 29 heavy (non-hydrogen) atoms. The standard InChI is InChI=1S/C23H29FN4O/c1-16-21(15-18-6-3-9-20(24)14-18)22(26-17(2)25-16)27-10-5-11-28(13-12-27)23(29)19-7-4-8-19/h3,6,9,14,19H,4-5,7-8,10-13,15H2,1-2H3. The molecule has 0 N–H and O–H groups in total. The fraction of sp³-hybridized carbons (Fsp3) is 0.522. The predicted molar refractivity (Wildman–Crippen MR) is 111 cm³/mol. The van der Waals surface area contributed by atoms with E-state index in [2.05, 4.69) is 9.88 Å². The zero-order valence-electron chi connectivity index (χ0n) is 17.3. The van der Waals surface area contributed by atoms with E-state index in [1.54, 1.807) is 12.1 Å². The molecule has 1 aliphatic heterocycles. The minimum atomic E-state index is -0.227. The summed E-state index contributed by atoms with van der Waals surface area (Å²) in [6, 6.07) is 6.72. The fourth-order valence-electron chi connectivity index (χ4n) is 4.30. The second-order valence-electron chi connectivity index (χ2n) is 8.26. The van der Waals surface area contributed by atoms with Crippen LogP contribution in [-0.4, -0.2) is 47.0 Å². The van der Waals surface area contributed by atoms with Crippen molar-refractivity contribution in [3.63, 3.8) is 0 Å². The van der Waals surface area contributed by atoms with E-state index >= 15 is 0 Å². The number of rotatable bonds is 4. The average molecular weight is 397 g/mol. The van der Waals surface area contributed by atoms with Crippen LogP contribution in [0.25, 0.3) is 0 Å². The molecule has 0 bridgehead atoms. The molecule has 1 saturated carbocycles. The van der Waals surface area contributed by atoms with Gasteiger partial charge in [-0.1, -0.05) is 18.6 Å². The molecule has 2 fully saturated rings. The quantitative estimate of drug-likeness (QED) is 0.791. The van der Waals surface area contributed by atoms with Gasteiger partial charge in [0.25, 0.3) is 0 Å². The molecule has 0 spiro atoms. The summed E-state index contributed by atoms with van der Waals surface area (Å²) in [5.74, 6) is 2.01. The van der Waals surface area contributed by atoms with Gasteiger partial charge in [0.2, 0.25) is 5.91 Å². The minimum Gasteiger partial charge on any atom is -0.354 e. The maximum Gasteiger partial charge on any atom is 0.225 e. The average Bonchev–Trinajstić information content (AvgIpc) is 2.88. The smallest absolute Gasteiger partial charge is 0.225 e. The Morgan fingerprint density at radius 2 is 1.93 bits per heavy atom. The number of hydrogen-bond donors (Lipinski definition) is 0. The summed E-state index contributed by atoms with van der Waals surface area (Å²) >= 11 is 0. The predicted octanol–water partition coefficient (Wildman–Crippen LogP) is 3.66. The molecule has 5 nitrogen and oxygen atoms in total. The van der Waals surface area contributed by atoms with E-state index < -0.39 is 0 Å². The Labute approximate surface area is 172 Å². The monoisotopic (exact) mass is 396 g/mol. The van der Waals surface area contributed by atoms with Crippen LogP contribution in [0, 0.1) is 25.6 Å². The number of carbonyl (C=O) groups is 1. The lowest BCUT2D eigenvalue weighted by Gasteiger charge is -2.31. The second kappa shape index (κ2) is 8.47. The zero-order valence-corrected chi connectivity index (χ0v) is 17.3. The van der Waals surface area contributed by atoms with Gasteiger partial charge in [0.15, 0.2) is 0 Å². The molecule has 154 valence electrons. The van der Waals surface area contributed by atoms with Crippen molar-refractivity contribution in [3.05, 3.63) is 52.7 Å². The largest absolute Gasteiger partial charge is 0.354 e. The van der Waals surface area contributed by atoms with Gasteiger partial charge in [-0.2, -0.15) is 0 Å². The highest BCUT2D eigenvalue weighted by Crippen LogP contribution is 2.29. The van der Waals surface area contributed by atoms with E-state index in [0.29, 0.717) is 12.3 Å². The van der Waals surface area contributed by atoms with Gasteiger partial charge in [0.1, 0.15) is 17.5 Å². The van der Waals surface area contributed by atoms with Gasteiger partial charge in [-0.3, -0.25) is 4.79 Å². The minimum absolute atomic E-state index is 0.227. The fourth-order valence-corrected chi connectivity index (χ4v) is 4.30. The van der Waals surface area contributed by atoms with Crippen LogP contribution in [0.15, 0.2) is 24.3 Å². The van der Waals surface area contributed by atoms with Crippen molar-refractivity contribution in [1.29, 1.82) is 0 Å². The van der Waals surface area contributed by atoms with Crippen molar-refractivity contribution in [3.8, 4) is 0 Å². The number of amides is 1. The number of carbonyl (C=O) groups excluding carboxylic acids is 1. The van der Waals surface area contributed by atoms with Gasteiger partial charge in [-0.05, 0) is 50.8 Å². The molecule has 2 aromatic rings. The first-order chi connectivity index (χ1) is 14.0. The van der Waals surface area contributed by atoms with Crippen LogP contribution in [0.3, 0.4) is 0 Å². The zero-order chi connectivity index (χ0) is 20.4. The lowest BCUT2D eigenvalue weighted by Crippen LogP contribution is -2.41. The summed E-state index contributed by atoms with van der Waals surface area (Å²) in [5, 5.41) is 0. The van der Waals surface area contributed by atoms with Crippen molar-refractivity contribution >= 4 is 11.7 Å². The molecule has 0 radical (unpaired) electrons. The first kappa shape index (κ1) is 19.8. The van der Waals surface area contributed by atoms with Gasteiger partial charge >= 0.3 is 0 Å². The Balaban J connectivity index is 1.56. The SMILES string of the molecule is Cc1nc(C)c(Cc2cccc(F)c2)c(N2CCCN(C(=O)C3CCC3)CC2)n1.